The van der Waals surface area contributed by atoms with Crippen LogP contribution in [0.4, 0.5) is 0 Å². The van der Waals surface area contributed by atoms with Crippen LogP contribution in [0.5, 0.6) is 0 Å². The summed E-state index contributed by atoms with van der Waals surface area (Å²) in [4.78, 5) is 15.3. The van der Waals surface area contributed by atoms with Crippen LogP contribution in [-0.2, 0) is 0 Å². The highest BCUT2D eigenvalue weighted by Crippen LogP contribution is 2.42. The molecule has 0 bridgehead atoms. The Morgan fingerprint density at radius 2 is 0.722 bits per heavy atom. The number of fused-ring (bicyclic) bond motifs is 3. The van der Waals surface area contributed by atoms with Gasteiger partial charge in [-0.2, -0.15) is 0 Å². The van der Waals surface area contributed by atoms with Crippen LogP contribution in [0.1, 0.15) is 0 Å². The van der Waals surface area contributed by atoms with Gasteiger partial charge in [-0.3, -0.25) is 0 Å². The van der Waals surface area contributed by atoms with Crippen LogP contribution in [0.2, 0.25) is 0 Å². The van der Waals surface area contributed by atoms with Gasteiger partial charge in [0.1, 0.15) is 0 Å². The number of rotatable bonds is 6. The van der Waals surface area contributed by atoms with Crippen molar-refractivity contribution in [1.29, 1.82) is 0 Å². The van der Waals surface area contributed by atoms with Crippen LogP contribution in [0.25, 0.3) is 99.9 Å². The average Bonchev–Trinajstić information content (AvgIpc) is 3.26. The summed E-state index contributed by atoms with van der Waals surface area (Å²) in [6.45, 7) is 0. The first kappa shape index (κ1) is 31.5. The Morgan fingerprint density at radius 1 is 0.241 bits per heavy atom. The Bertz CT molecular complexity index is 2980. The molecule has 10 aromatic rings. The molecule has 3 heteroatoms. The lowest BCUT2D eigenvalue weighted by Crippen LogP contribution is -2.00. The third kappa shape index (κ3) is 5.78. The molecule has 1 heterocycles. The number of hydrogen-bond acceptors (Lipinski definition) is 3. The minimum absolute atomic E-state index is 0.632. The zero-order valence-electron chi connectivity index (χ0n) is 29.4. The van der Waals surface area contributed by atoms with Crippen molar-refractivity contribution in [2.75, 3.05) is 0 Å². The summed E-state index contributed by atoms with van der Waals surface area (Å²) in [6.07, 6.45) is 0. The smallest absolute Gasteiger partial charge is 0.164 e. The fourth-order valence-electron chi connectivity index (χ4n) is 7.63. The van der Waals surface area contributed by atoms with Crippen LogP contribution >= 0.6 is 0 Å². The van der Waals surface area contributed by atoms with E-state index in [0.717, 1.165) is 27.6 Å². The maximum Gasteiger partial charge on any atom is 0.164 e. The number of benzene rings is 9. The molecule has 54 heavy (non-hydrogen) atoms. The lowest BCUT2D eigenvalue weighted by Gasteiger charge is -2.17. The van der Waals surface area contributed by atoms with Gasteiger partial charge in [0, 0.05) is 16.7 Å². The lowest BCUT2D eigenvalue weighted by atomic mass is 9.87. The Kier molecular flexibility index (Phi) is 7.81. The van der Waals surface area contributed by atoms with Gasteiger partial charge in [0.05, 0.1) is 0 Å². The molecule has 0 amide bonds. The second-order valence-electron chi connectivity index (χ2n) is 13.6. The van der Waals surface area contributed by atoms with E-state index in [0.29, 0.717) is 17.5 Å². The summed E-state index contributed by atoms with van der Waals surface area (Å²) in [5, 5.41) is 7.15. The second kappa shape index (κ2) is 13.4. The van der Waals surface area contributed by atoms with Gasteiger partial charge >= 0.3 is 0 Å². The summed E-state index contributed by atoms with van der Waals surface area (Å²) in [5.41, 5.74) is 9.91. The van der Waals surface area contributed by atoms with Gasteiger partial charge < -0.3 is 0 Å². The van der Waals surface area contributed by atoms with Crippen LogP contribution in [0.15, 0.2) is 200 Å². The molecule has 0 saturated heterocycles. The van der Waals surface area contributed by atoms with Gasteiger partial charge in [-0.15, -0.1) is 0 Å². The monoisotopic (exact) mass is 687 g/mol. The summed E-state index contributed by atoms with van der Waals surface area (Å²) in [6, 6.07) is 70.7. The molecule has 0 N–H and O–H groups in total. The summed E-state index contributed by atoms with van der Waals surface area (Å²) in [7, 11) is 0. The van der Waals surface area contributed by atoms with Crippen molar-refractivity contribution in [1.82, 2.24) is 15.0 Å². The van der Waals surface area contributed by atoms with Crippen molar-refractivity contribution in [3.8, 4) is 67.5 Å². The molecule has 0 aliphatic heterocycles. The molecule has 1 aromatic heterocycles. The van der Waals surface area contributed by atoms with E-state index in [1.807, 2.05) is 24.3 Å². The predicted molar refractivity (Wildman–Crippen MR) is 225 cm³/mol. The van der Waals surface area contributed by atoms with E-state index < -0.39 is 0 Å². The molecule has 0 aliphatic carbocycles. The first-order valence-corrected chi connectivity index (χ1v) is 18.3. The van der Waals surface area contributed by atoms with Gasteiger partial charge in [0.2, 0.25) is 0 Å². The summed E-state index contributed by atoms with van der Waals surface area (Å²) < 4.78 is 0. The standard InChI is InChI=1S/C51H33N3/c1-3-13-34(14-4-1)38-25-26-40-32-43(28-27-39(40)31-38)51-53-49(37-17-5-2-6-18-37)52-50(54-51)42-21-11-20-41(33-42)48-45-23-10-8-16-36(45)29-30-47(48)46-24-12-19-35-15-7-9-22-44(35)46/h1-33H. The normalized spacial score (nSPS) is 11.3. The number of nitrogens with zero attached hydrogens (tertiary/aromatic N) is 3. The van der Waals surface area contributed by atoms with Crippen LogP contribution < -0.4 is 0 Å². The molecule has 0 saturated carbocycles. The Morgan fingerprint density at radius 3 is 1.46 bits per heavy atom. The van der Waals surface area contributed by atoms with Crippen molar-refractivity contribution in [3.63, 3.8) is 0 Å². The van der Waals surface area contributed by atoms with E-state index >= 15 is 0 Å². The molecule has 0 unspecified atom stereocenters. The zero-order chi connectivity index (χ0) is 35.8. The average molecular weight is 688 g/mol. The quantitative estimate of drug-likeness (QED) is 0.175. The molecule has 0 atom stereocenters. The van der Waals surface area contributed by atoms with Gasteiger partial charge in [0.15, 0.2) is 17.5 Å². The predicted octanol–water partition coefficient (Wildman–Crippen LogP) is 13.3. The SMILES string of the molecule is c1ccc(-c2ccc3cc(-c4nc(-c5ccccc5)nc(-c5cccc(-c6c(-c7cccc8ccccc78)ccc7ccccc67)c5)n4)ccc3c2)cc1. The minimum Gasteiger partial charge on any atom is -0.208 e. The molecular formula is C51H33N3. The van der Waals surface area contributed by atoms with Gasteiger partial charge in [-0.1, -0.05) is 182 Å². The highest BCUT2D eigenvalue weighted by molar-refractivity contribution is 6.09. The maximum atomic E-state index is 5.17. The molecule has 3 nitrogen and oxygen atoms in total. The Labute approximate surface area is 313 Å². The third-order valence-corrected chi connectivity index (χ3v) is 10.3. The second-order valence-corrected chi connectivity index (χ2v) is 13.6. The molecule has 0 aliphatic rings. The fraction of sp³-hybridized carbons (Fsp3) is 0. The first-order valence-electron chi connectivity index (χ1n) is 18.3. The van der Waals surface area contributed by atoms with E-state index in [4.69, 9.17) is 15.0 Å². The number of aromatic nitrogens is 3. The van der Waals surface area contributed by atoms with E-state index in [1.54, 1.807) is 0 Å². The van der Waals surface area contributed by atoms with E-state index in [9.17, 15) is 0 Å². The van der Waals surface area contributed by atoms with E-state index in [2.05, 4.69) is 176 Å². The van der Waals surface area contributed by atoms with Crippen LogP contribution in [0.3, 0.4) is 0 Å². The van der Waals surface area contributed by atoms with Crippen molar-refractivity contribution in [3.05, 3.63) is 200 Å². The molecular weight excluding hydrogens is 655 g/mol. The first-order chi connectivity index (χ1) is 26.7. The maximum absolute atomic E-state index is 5.17. The Hall–Kier alpha value is -7.23. The van der Waals surface area contributed by atoms with Gasteiger partial charge in [-0.25, -0.2) is 15.0 Å². The van der Waals surface area contributed by atoms with Crippen LogP contribution in [0, 0.1) is 0 Å². The van der Waals surface area contributed by atoms with E-state index in [-0.39, 0.29) is 0 Å². The largest absolute Gasteiger partial charge is 0.208 e. The Balaban J connectivity index is 1.13. The van der Waals surface area contributed by atoms with Crippen molar-refractivity contribution in [2.45, 2.75) is 0 Å². The molecule has 0 radical (unpaired) electrons. The topological polar surface area (TPSA) is 38.7 Å². The summed E-state index contributed by atoms with van der Waals surface area (Å²) in [5.74, 6) is 1.91. The molecule has 0 spiro atoms. The molecule has 10 rings (SSSR count). The molecule has 0 fully saturated rings. The zero-order valence-corrected chi connectivity index (χ0v) is 29.4. The minimum atomic E-state index is 0.632. The van der Waals surface area contributed by atoms with Crippen LogP contribution in [-0.4, -0.2) is 15.0 Å². The molecule has 9 aromatic carbocycles. The van der Waals surface area contributed by atoms with Crippen molar-refractivity contribution < 1.29 is 0 Å². The summed E-state index contributed by atoms with van der Waals surface area (Å²) >= 11 is 0. The van der Waals surface area contributed by atoms with Crippen molar-refractivity contribution >= 4 is 32.3 Å². The fourth-order valence-corrected chi connectivity index (χ4v) is 7.63. The van der Waals surface area contributed by atoms with Gasteiger partial charge in [0.25, 0.3) is 0 Å². The van der Waals surface area contributed by atoms with Crippen molar-refractivity contribution in [2.24, 2.45) is 0 Å². The molecule has 252 valence electrons. The highest BCUT2D eigenvalue weighted by atomic mass is 15.0. The third-order valence-electron chi connectivity index (χ3n) is 10.3. The highest BCUT2D eigenvalue weighted by Gasteiger charge is 2.17. The van der Waals surface area contributed by atoms with E-state index in [1.165, 1.54) is 54.7 Å². The number of hydrogen-bond donors (Lipinski definition) is 0. The lowest BCUT2D eigenvalue weighted by molar-refractivity contribution is 1.07. The van der Waals surface area contributed by atoms with Gasteiger partial charge in [-0.05, 0) is 83.9 Å².